The average Bonchev–Trinajstić information content (AvgIpc) is 2.64. The number of aromatic nitrogens is 1. The summed E-state index contributed by atoms with van der Waals surface area (Å²) in [5.41, 5.74) is 0.607. The summed E-state index contributed by atoms with van der Waals surface area (Å²) in [6, 6.07) is 0.650. The number of hydrogen-bond acceptors (Lipinski definition) is 4. The Hall–Kier alpha value is -1.03. The lowest BCUT2D eigenvalue weighted by atomic mass is 9.92. The van der Waals surface area contributed by atoms with Crippen LogP contribution in [0.3, 0.4) is 0 Å². The molecule has 0 spiro atoms. The van der Waals surface area contributed by atoms with Crippen LogP contribution in [0.4, 0.5) is 6.01 Å². The standard InChI is InChI=1S/C11H18N2O2/c1-8-3-9(2)5-13(4-8)11-12-10(6-14)7-15-11/h7-9,14H,3-6H2,1-2H3. The highest BCUT2D eigenvalue weighted by atomic mass is 16.4. The molecule has 1 aromatic heterocycles. The van der Waals surface area contributed by atoms with Crippen LogP contribution in [0.1, 0.15) is 26.0 Å². The van der Waals surface area contributed by atoms with Crippen molar-refractivity contribution in [2.75, 3.05) is 18.0 Å². The Bertz CT molecular complexity index is 314. The van der Waals surface area contributed by atoms with Crippen molar-refractivity contribution in [1.29, 1.82) is 0 Å². The summed E-state index contributed by atoms with van der Waals surface area (Å²) in [4.78, 5) is 6.40. The zero-order valence-corrected chi connectivity index (χ0v) is 9.31. The first kappa shape index (κ1) is 10.5. The maximum atomic E-state index is 8.91. The number of hydrogen-bond donors (Lipinski definition) is 1. The van der Waals surface area contributed by atoms with Crippen molar-refractivity contribution in [2.45, 2.75) is 26.9 Å². The van der Waals surface area contributed by atoms with E-state index in [0.717, 1.165) is 13.1 Å². The molecule has 2 heterocycles. The Morgan fingerprint density at radius 2 is 2.13 bits per heavy atom. The van der Waals surface area contributed by atoms with E-state index in [1.807, 2.05) is 0 Å². The van der Waals surface area contributed by atoms with E-state index < -0.39 is 0 Å². The molecule has 0 radical (unpaired) electrons. The van der Waals surface area contributed by atoms with Crippen LogP contribution in [-0.4, -0.2) is 23.2 Å². The van der Waals surface area contributed by atoms with Gasteiger partial charge in [0.2, 0.25) is 0 Å². The summed E-state index contributed by atoms with van der Waals surface area (Å²) in [7, 11) is 0. The van der Waals surface area contributed by atoms with Crippen LogP contribution in [0.5, 0.6) is 0 Å². The van der Waals surface area contributed by atoms with E-state index in [1.54, 1.807) is 0 Å². The molecule has 1 aliphatic rings. The van der Waals surface area contributed by atoms with Crippen LogP contribution in [0.25, 0.3) is 0 Å². The summed E-state index contributed by atoms with van der Waals surface area (Å²) in [5.74, 6) is 1.36. The zero-order chi connectivity index (χ0) is 10.8. The normalized spacial score (nSPS) is 27.0. The van der Waals surface area contributed by atoms with Gasteiger partial charge in [0.25, 0.3) is 6.01 Å². The van der Waals surface area contributed by atoms with Gasteiger partial charge >= 0.3 is 0 Å². The number of piperidine rings is 1. The number of aliphatic hydroxyl groups is 1. The van der Waals surface area contributed by atoms with Gasteiger partial charge in [0, 0.05) is 13.1 Å². The first-order valence-electron chi connectivity index (χ1n) is 5.49. The molecule has 0 aromatic carbocycles. The van der Waals surface area contributed by atoms with Gasteiger partial charge in [-0.2, -0.15) is 4.98 Å². The molecular formula is C11H18N2O2. The van der Waals surface area contributed by atoms with Gasteiger partial charge in [-0.25, -0.2) is 0 Å². The molecule has 1 aromatic rings. The van der Waals surface area contributed by atoms with Crippen LogP contribution < -0.4 is 4.90 Å². The second kappa shape index (κ2) is 4.23. The van der Waals surface area contributed by atoms with Gasteiger partial charge in [0.1, 0.15) is 12.0 Å². The molecule has 2 rings (SSSR count). The highest BCUT2D eigenvalue weighted by Gasteiger charge is 2.24. The topological polar surface area (TPSA) is 49.5 Å². The molecule has 0 saturated carbocycles. The summed E-state index contributed by atoms with van der Waals surface area (Å²) in [6.07, 6.45) is 2.79. The molecule has 15 heavy (non-hydrogen) atoms. The van der Waals surface area contributed by atoms with Gasteiger partial charge in [-0.3, -0.25) is 0 Å². The number of rotatable bonds is 2. The molecule has 84 valence electrons. The summed E-state index contributed by atoms with van der Waals surface area (Å²) >= 11 is 0. The predicted molar refractivity (Wildman–Crippen MR) is 57.6 cm³/mol. The van der Waals surface area contributed by atoms with Crippen molar-refractivity contribution in [2.24, 2.45) is 11.8 Å². The lowest BCUT2D eigenvalue weighted by Crippen LogP contribution is -2.38. The number of oxazole rings is 1. The summed E-state index contributed by atoms with van der Waals surface area (Å²) < 4.78 is 5.35. The third-order valence-corrected chi connectivity index (χ3v) is 2.84. The van der Waals surface area contributed by atoms with Crippen molar-refractivity contribution < 1.29 is 9.52 Å². The minimum absolute atomic E-state index is 0.0531. The van der Waals surface area contributed by atoms with Gasteiger partial charge < -0.3 is 14.4 Å². The van der Waals surface area contributed by atoms with E-state index in [2.05, 4.69) is 23.7 Å². The van der Waals surface area contributed by atoms with Gasteiger partial charge in [-0.15, -0.1) is 0 Å². The van der Waals surface area contributed by atoms with Gasteiger partial charge in [-0.05, 0) is 18.3 Å². The molecule has 1 saturated heterocycles. The lowest BCUT2D eigenvalue weighted by molar-refractivity contribution is 0.276. The van der Waals surface area contributed by atoms with Crippen molar-refractivity contribution in [3.05, 3.63) is 12.0 Å². The Morgan fingerprint density at radius 1 is 1.47 bits per heavy atom. The van der Waals surface area contributed by atoms with E-state index in [4.69, 9.17) is 9.52 Å². The monoisotopic (exact) mass is 210 g/mol. The smallest absolute Gasteiger partial charge is 0.297 e. The van der Waals surface area contributed by atoms with E-state index in [1.165, 1.54) is 12.7 Å². The maximum Gasteiger partial charge on any atom is 0.297 e. The van der Waals surface area contributed by atoms with Crippen molar-refractivity contribution in [3.63, 3.8) is 0 Å². The predicted octanol–water partition coefficient (Wildman–Crippen LogP) is 1.65. The second-order valence-corrected chi connectivity index (χ2v) is 4.63. The largest absolute Gasteiger partial charge is 0.432 e. The fraction of sp³-hybridized carbons (Fsp3) is 0.727. The summed E-state index contributed by atoms with van der Waals surface area (Å²) in [5, 5.41) is 8.91. The van der Waals surface area contributed by atoms with Crippen LogP contribution in [0.2, 0.25) is 0 Å². The van der Waals surface area contributed by atoms with Gasteiger partial charge in [-0.1, -0.05) is 13.8 Å². The minimum atomic E-state index is -0.0531. The lowest BCUT2D eigenvalue weighted by Gasteiger charge is -2.33. The average molecular weight is 210 g/mol. The fourth-order valence-corrected chi connectivity index (χ4v) is 2.33. The zero-order valence-electron chi connectivity index (χ0n) is 9.31. The quantitative estimate of drug-likeness (QED) is 0.806. The van der Waals surface area contributed by atoms with Gasteiger partial charge in [0.05, 0.1) is 6.61 Å². The maximum absolute atomic E-state index is 8.91. The van der Waals surface area contributed by atoms with E-state index in [-0.39, 0.29) is 6.61 Å². The molecule has 4 nitrogen and oxygen atoms in total. The first-order valence-corrected chi connectivity index (χ1v) is 5.49. The highest BCUT2D eigenvalue weighted by Crippen LogP contribution is 2.25. The Labute approximate surface area is 89.9 Å². The van der Waals surface area contributed by atoms with E-state index in [0.29, 0.717) is 23.5 Å². The first-order chi connectivity index (χ1) is 7.19. The Kier molecular flexibility index (Phi) is 2.95. The molecule has 2 atom stereocenters. The Balaban J connectivity index is 2.09. The van der Waals surface area contributed by atoms with Gasteiger partial charge in [0.15, 0.2) is 0 Å². The van der Waals surface area contributed by atoms with E-state index >= 15 is 0 Å². The van der Waals surface area contributed by atoms with Crippen molar-refractivity contribution >= 4 is 6.01 Å². The van der Waals surface area contributed by atoms with Crippen molar-refractivity contribution in [3.8, 4) is 0 Å². The minimum Gasteiger partial charge on any atom is -0.432 e. The molecule has 0 bridgehead atoms. The van der Waals surface area contributed by atoms with Crippen molar-refractivity contribution in [1.82, 2.24) is 4.98 Å². The fourth-order valence-electron chi connectivity index (χ4n) is 2.33. The molecule has 0 aliphatic carbocycles. The molecule has 1 N–H and O–H groups in total. The molecule has 1 aliphatic heterocycles. The van der Waals surface area contributed by atoms with Crippen LogP contribution in [-0.2, 0) is 6.61 Å². The number of anilines is 1. The third kappa shape index (κ3) is 2.31. The Morgan fingerprint density at radius 3 is 2.67 bits per heavy atom. The molecule has 1 fully saturated rings. The summed E-state index contributed by atoms with van der Waals surface area (Å²) in [6.45, 7) is 6.44. The van der Waals surface area contributed by atoms with Crippen LogP contribution >= 0.6 is 0 Å². The number of nitrogens with zero attached hydrogens (tertiary/aromatic N) is 2. The molecule has 0 amide bonds. The van der Waals surface area contributed by atoms with Crippen LogP contribution in [0, 0.1) is 11.8 Å². The second-order valence-electron chi connectivity index (χ2n) is 4.63. The molecule has 4 heteroatoms. The third-order valence-electron chi connectivity index (χ3n) is 2.84. The van der Waals surface area contributed by atoms with Crippen LogP contribution in [0.15, 0.2) is 10.7 Å². The van der Waals surface area contributed by atoms with E-state index in [9.17, 15) is 0 Å². The SMILES string of the molecule is CC1CC(C)CN(c2nc(CO)co2)C1. The molecular weight excluding hydrogens is 192 g/mol. The molecule has 2 unspecified atom stereocenters. The number of aliphatic hydroxyl groups excluding tert-OH is 1. The highest BCUT2D eigenvalue weighted by molar-refractivity contribution is 5.28.